The van der Waals surface area contributed by atoms with Gasteiger partial charge in [0.1, 0.15) is 11.4 Å². The van der Waals surface area contributed by atoms with E-state index >= 15 is 0 Å². The molecule has 143 valence electrons. The Labute approximate surface area is 183 Å². The molecule has 1 radical (unpaired) electrons. The minimum absolute atomic E-state index is 0. The Bertz CT molecular complexity index is 806. The predicted molar refractivity (Wildman–Crippen MR) is 87.6 cm³/mol. The molecule has 26 heavy (non-hydrogen) atoms. The maximum atomic E-state index is 4.78. The first-order valence-electron chi connectivity index (χ1n) is 7.37. The van der Waals surface area contributed by atoms with Crippen LogP contribution in [-0.2, 0) is 31.2 Å². The van der Waals surface area contributed by atoms with Crippen LogP contribution >= 0.6 is 0 Å². The van der Waals surface area contributed by atoms with Crippen LogP contribution < -0.4 is 37.2 Å². The van der Waals surface area contributed by atoms with Gasteiger partial charge in [0, 0.05) is 25.5 Å². The van der Waals surface area contributed by atoms with E-state index < -0.39 is 0 Å². The van der Waals surface area contributed by atoms with Gasteiger partial charge < -0.3 is 46.4 Å². The quantitative estimate of drug-likeness (QED) is 0.360. The van der Waals surface area contributed by atoms with E-state index in [4.69, 9.17) is 4.98 Å². The van der Waals surface area contributed by atoms with Crippen molar-refractivity contribution in [3.8, 4) is 23.0 Å². The fraction of sp³-hybridized carbons (Fsp3) is 0.353. The van der Waals surface area contributed by atoms with Crippen molar-refractivity contribution in [1.82, 2.24) is 24.1 Å². The van der Waals surface area contributed by atoms with Crippen molar-refractivity contribution < 1.29 is 54.3 Å². The van der Waals surface area contributed by atoms with Crippen LogP contribution in [0.25, 0.3) is 23.0 Å². The van der Waals surface area contributed by atoms with E-state index in [-0.39, 0.29) is 54.3 Å². The van der Waals surface area contributed by atoms with Crippen molar-refractivity contribution in [1.29, 1.82) is 0 Å². The molecule has 0 unspecified atom stereocenters. The number of pyridine rings is 1. The summed E-state index contributed by atoms with van der Waals surface area (Å²) in [6.07, 6.45) is 0. The van der Waals surface area contributed by atoms with Crippen LogP contribution in [0, 0.1) is 27.7 Å². The number of aryl methyl sites for hydroxylation is 2. The van der Waals surface area contributed by atoms with Crippen LogP contribution in [0.15, 0.2) is 18.2 Å². The summed E-state index contributed by atoms with van der Waals surface area (Å²) in [6, 6.07) is 6.00. The van der Waals surface area contributed by atoms with Gasteiger partial charge in [0.2, 0.25) is 0 Å². The Balaban J connectivity index is 0. The Morgan fingerprint density at radius 3 is 1.27 bits per heavy atom. The second kappa shape index (κ2) is 10.3. The van der Waals surface area contributed by atoms with Gasteiger partial charge in [0.05, 0.1) is 11.4 Å². The van der Waals surface area contributed by atoms with E-state index in [9.17, 15) is 0 Å². The van der Waals surface area contributed by atoms with Gasteiger partial charge in [0.15, 0.2) is 11.6 Å². The monoisotopic (exact) mass is 456 g/mol. The van der Waals surface area contributed by atoms with Crippen LogP contribution in [0.4, 0.5) is 0 Å². The Morgan fingerprint density at radius 2 is 1.00 bits per heavy atom. The van der Waals surface area contributed by atoms with Crippen LogP contribution in [0.1, 0.15) is 22.8 Å². The molecule has 3 rings (SSSR count). The van der Waals surface area contributed by atoms with Crippen molar-refractivity contribution in [2.75, 3.05) is 0 Å². The average molecular weight is 458 g/mol. The third-order valence-electron chi connectivity index (χ3n) is 4.44. The normalized spacial score (nSPS) is 9.46. The minimum atomic E-state index is 0. The van der Waals surface area contributed by atoms with E-state index in [1.165, 1.54) is 0 Å². The molecule has 0 saturated carbocycles. The molecule has 0 aliphatic heterocycles. The molecule has 0 aliphatic rings. The molecule has 0 fully saturated rings. The molecule has 9 heteroatoms. The summed E-state index contributed by atoms with van der Waals surface area (Å²) < 4.78 is 4.16. The third-order valence-corrected chi connectivity index (χ3v) is 4.44. The molecule has 0 N–H and O–H groups in total. The molecule has 3 aromatic heterocycles. The van der Waals surface area contributed by atoms with E-state index in [1.807, 2.05) is 46.1 Å². The van der Waals surface area contributed by atoms with Crippen molar-refractivity contribution in [2.24, 2.45) is 14.1 Å². The fourth-order valence-corrected chi connectivity index (χ4v) is 2.57. The molecule has 0 aliphatic carbocycles. The molecular formula is C17H21Cl3FeN5. The maximum absolute atomic E-state index is 4.78. The summed E-state index contributed by atoms with van der Waals surface area (Å²) in [5.74, 6) is 1.78. The van der Waals surface area contributed by atoms with Gasteiger partial charge in [-0.15, -0.1) is 0 Å². The fourth-order valence-electron chi connectivity index (χ4n) is 2.57. The predicted octanol–water partition coefficient (Wildman–Crippen LogP) is -5.87. The Kier molecular flexibility index (Phi) is 10.8. The van der Waals surface area contributed by atoms with E-state index in [1.54, 1.807) is 0 Å². The van der Waals surface area contributed by atoms with Crippen molar-refractivity contribution in [3.63, 3.8) is 0 Å². The average Bonchev–Trinajstić information content (AvgIpc) is 2.92. The molecule has 5 nitrogen and oxygen atoms in total. The molecule has 0 aromatic carbocycles. The second-order valence-corrected chi connectivity index (χ2v) is 5.74. The first kappa shape index (κ1) is 27.2. The molecule has 3 aromatic rings. The van der Waals surface area contributed by atoms with Crippen molar-refractivity contribution >= 4 is 0 Å². The van der Waals surface area contributed by atoms with Crippen LogP contribution in [-0.4, -0.2) is 24.1 Å². The van der Waals surface area contributed by atoms with E-state index in [0.29, 0.717) is 0 Å². The summed E-state index contributed by atoms with van der Waals surface area (Å²) >= 11 is 0. The molecule has 0 bridgehead atoms. The van der Waals surface area contributed by atoms with Crippen LogP contribution in [0.2, 0.25) is 0 Å². The van der Waals surface area contributed by atoms with Gasteiger partial charge in [-0.3, -0.25) is 0 Å². The van der Waals surface area contributed by atoms with Crippen molar-refractivity contribution in [2.45, 2.75) is 27.7 Å². The summed E-state index contributed by atoms with van der Waals surface area (Å²) in [5.41, 5.74) is 6.13. The number of nitrogens with zero attached hydrogens (tertiary/aromatic N) is 5. The molecule has 0 atom stereocenters. The van der Waals surface area contributed by atoms with Gasteiger partial charge >= 0.3 is 17.1 Å². The Morgan fingerprint density at radius 1 is 0.654 bits per heavy atom. The topological polar surface area (TPSA) is 48.5 Å². The maximum Gasteiger partial charge on any atom is 3.00 e. The summed E-state index contributed by atoms with van der Waals surface area (Å²) in [6.45, 7) is 8.19. The molecule has 0 amide bonds. The SMILES string of the molecule is Cc1nc(-c2cccc(-c3nc(C)c(C)n3C)n2)n(C)c1C.[Cl-].[Cl-].[Cl-].[Fe+3]. The third kappa shape index (κ3) is 4.62. The van der Waals surface area contributed by atoms with Crippen molar-refractivity contribution in [3.05, 3.63) is 41.0 Å². The van der Waals surface area contributed by atoms with E-state index in [2.05, 4.69) is 32.9 Å². The first-order valence-corrected chi connectivity index (χ1v) is 7.37. The second-order valence-electron chi connectivity index (χ2n) is 5.74. The molecule has 0 spiro atoms. The largest absolute Gasteiger partial charge is 3.00 e. The minimum Gasteiger partial charge on any atom is -1.00 e. The summed E-state index contributed by atoms with van der Waals surface area (Å²) in [5, 5.41) is 0. The molecule has 0 saturated heterocycles. The standard InChI is InChI=1S/C17H21N5.3ClH.Fe/c1-10-12(3)21(5)16(18-10)14-8-7-9-15(20-14)17-19-11(2)13(4)22(17)6;;;;/h7-9H,1-6H3;3*1H;/q;;;;+3/p-3. The zero-order valence-electron chi connectivity index (χ0n) is 15.5. The molecular weight excluding hydrogens is 436 g/mol. The van der Waals surface area contributed by atoms with Gasteiger partial charge in [-0.05, 0) is 39.8 Å². The number of imidazole rings is 2. The van der Waals surface area contributed by atoms with Crippen LogP contribution in [0.5, 0.6) is 0 Å². The number of halogens is 3. The first-order chi connectivity index (χ1) is 10.4. The van der Waals surface area contributed by atoms with Gasteiger partial charge in [-0.25, -0.2) is 15.0 Å². The smallest absolute Gasteiger partial charge is 1.00 e. The number of hydrogen-bond donors (Lipinski definition) is 0. The number of rotatable bonds is 2. The number of hydrogen-bond acceptors (Lipinski definition) is 3. The summed E-state index contributed by atoms with van der Waals surface area (Å²) in [4.78, 5) is 14.0. The van der Waals surface area contributed by atoms with Gasteiger partial charge in [-0.2, -0.15) is 0 Å². The Hall–Kier alpha value is -1.04. The van der Waals surface area contributed by atoms with Crippen LogP contribution in [0.3, 0.4) is 0 Å². The molecule has 3 heterocycles. The van der Waals surface area contributed by atoms with Gasteiger partial charge in [0.25, 0.3) is 0 Å². The van der Waals surface area contributed by atoms with E-state index in [0.717, 1.165) is 45.8 Å². The number of aromatic nitrogens is 5. The zero-order chi connectivity index (χ0) is 16.0. The summed E-state index contributed by atoms with van der Waals surface area (Å²) in [7, 11) is 4.04. The van der Waals surface area contributed by atoms with Gasteiger partial charge in [-0.1, -0.05) is 6.07 Å². The zero-order valence-corrected chi connectivity index (χ0v) is 18.8.